The second-order valence-electron chi connectivity index (χ2n) is 6.86. The summed E-state index contributed by atoms with van der Waals surface area (Å²) in [6.07, 6.45) is 3.84. The Morgan fingerprint density at radius 3 is 2.89 bits per heavy atom. The molecule has 1 aliphatic rings. The van der Waals surface area contributed by atoms with Crippen molar-refractivity contribution >= 4 is 51.5 Å². The van der Waals surface area contributed by atoms with E-state index in [1.807, 2.05) is 26.0 Å². The van der Waals surface area contributed by atoms with Gasteiger partial charge in [-0.1, -0.05) is 49.2 Å². The molecule has 27 heavy (non-hydrogen) atoms. The summed E-state index contributed by atoms with van der Waals surface area (Å²) in [4.78, 5) is 31.9. The van der Waals surface area contributed by atoms with Crippen molar-refractivity contribution < 1.29 is 9.59 Å². The fraction of sp³-hybridized carbons (Fsp3) is 0.421. The lowest BCUT2D eigenvalue weighted by atomic mass is 10.1. The van der Waals surface area contributed by atoms with E-state index in [0.29, 0.717) is 34.6 Å². The van der Waals surface area contributed by atoms with Crippen molar-refractivity contribution in [1.29, 1.82) is 0 Å². The summed E-state index contributed by atoms with van der Waals surface area (Å²) in [6, 6.07) is 5.10. The number of halogens is 2. The summed E-state index contributed by atoms with van der Waals surface area (Å²) < 4.78 is 0. The quantitative estimate of drug-likeness (QED) is 0.759. The highest BCUT2D eigenvalue weighted by Crippen LogP contribution is 2.30. The number of hydrogen-bond donors (Lipinski definition) is 1. The van der Waals surface area contributed by atoms with Gasteiger partial charge in [0.2, 0.25) is 11.8 Å². The highest BCUT2D eigenvalue weighted by molar-refractivity contribution is 7.15. The van der Waals surface area contributed by atoms with Crippen LogP contribution in [0, 0.1) is 5.92 Å². The number of hydrogen-bond acceptors (Lipinski definition) is 4. The van der Waals surface area contributed by atoms with Crippen molar-refractivity contribution in [2.75, 3.05) is 11.9 Å². The second-order valence-corrected chi connectivity index (χ2v) is 8.76. The molecule has 5 nitrogen and oxygen atoms in total. The van der Waals surface area contributed by atoms with E-state index in [2.05, 4.69) is 10.3 Å². The van der Waals surface area contributed by atoms with Crippen LogP contribution in [0.1, 0.15) is 37.1 Å². The number of nitrogens with one attached hydrogen (secondary N) is 1. The van der Waals surface area contributed by atoms with Crippen LogP contribution < -0.4 is 5.32 Å². The van der Waals surface area contributed by atoms with E-state index in [4.69, 9.17) is 23.2 Å². The van der Waals surface area contributed by atoms with Gasteiger partial charge in [0.1, 0.15) is 6.04 Å². The SMILES string of the molecule is CC(C)C(=O)N1CCC[C@H]1C(=O)Nc1ncc(Cc2cccc(Cl)c2Cl)s1. The number of carbonyl (C=O) groups excluding carboxylic acids is 2. The maximum absolute atomic E-state index is 12.6. The van der Waals surface area contributed by atoms with E-state index in [-0.39, 0.29) is 17.7 Å². The molecule has 2 amide bonds. The van der Waals surface area contributed by atoms with Gasteiger partial charge in [-0.2, -0.15) is 0 Å². The fourth-order valence-corrected chi connectivity index (χ4v) is 4.37. The first-order chi connectivity index (χ1) is 12.9. The Kier molecular flexibility index (Phi) is 6.40. The number of anilines is 1. The van der Waals surface area contributed by atoms with Gasteiger partial charge in [-0.15, -0.1) is 11.3 Å². The van der Waals surface area contributed by atoms with E-state index in [1.165, 1.54) is 11.3 Å². The molecule has 0 bridgehead atoms. The number of nitrogens with zero attached hydrogens (tertiary/aromatic N) is 2. The number of rotatable bonds is 5. The van der Waals surface area contributed by atoms with Crippen LogP contribution in [0.15, 0.2) is 24.4 Å². The molecular weight excluding hydrogens is 405 g/mol. The minimum Gasteiger partial charge on any atom is -0.330 e. The topological polar surface area (TPSA) is 62.3 Å². The third-order valence-corrected chi connectivity index (χ3v) is 6.28. The lowest BCUT2D eigenvalue weighted by Crippen LogP contribution is -2.44. The first-order valence-corrected chi connectivity index (χ1v) is 10.4. The van der Waals surface area contributed by atoms with Gasteiger partial charge in [0, 0.05) is 30.0 Å². The summed E-state index contributed by atoms with van der Waals surface area (Å²) >= 11 is 13.7. The summed E-state index contributed by atoms with van der Waals surface area (Å²) in [5.74, 6) is -0.279. The van der Waals surface area contributed by atoms with Crippen molar-refractivity contribution in [3.63, 3.8) is 0 Å². The van der Waals surface area contributed by atoms with Gasteiger partial charge < -0.3 is 10.2 Å². The molecular formula is C19H21Cl2N3O2S. The van der Waals surface area contributed by atoms with Crippen LogP contribution in [0.5, 0.6) is 0 Å². The molecule has 8 heteroatoms. The van der Waals surface area contributed by atoms with Crippen LogP contribution in [0.2, 0.25) is 10.0 Å². The van der Waals surface area contributed by atoms with E-state index < -0.39 is 6.04 Å². The molecule has 1 aliphatic heterocycles. The Balaban J connectivity index is 1.66. The number of likely N-dealkylation sites (tertiary alicyclic amines) is 1. The molecule has 144 valence electrons. The van der Waals surface area contributed by atoms with Crippen molar-refractivity contribution in [3.8, 4) is 0 Å². The molecule has 2 heterocycles. The minimum atomic E-state index is -0.422. The smallest absolute Gasteiger partial charge is 0.248 e. The zero-order valence-electron chi connectivity index (χ0n) is 15.2. The summed E-state index contributed by atoms with van der Waals surface area (Å²) in [7, 11) is 0. The molecule has 0 spiro atoms. The second kappa shape index (κ2) is 8.59. The number of thiazole rings is 1. The predicted molar refractivity (Wildman–Crippen MR) is 110 cm³/mol. The maximum Gasteiger partial charge on any atom is 0.248 e. The van der Waals surface area contributed by atoms with E-state index in [1.54, 1.807) is 17.2 Å². The summed E-state index contributed by atoms with van der Waals surface area (Å²) in [5, 5.41) is 4.43. The van der Waals surface area contributed by atoms with Crippen LogP contribution in [0.25, 0.3) is 0 Å². The number of carbonyl (C=O) groups is 2. The Hall–Kier alpha value is -1.63. The Morgan fingerprint density at radius 2 is 2.15 bits per heavy atom. The molecule has 3 rings (SSSR count). The molecule has 1 fully saturated rings. The monoisotopic (exact) mass is 425 g/mol. The maximum atomic E-state index is 12.6. The first-order valence-electron chi connectivity index (χ1n) is 8.85. The number of benzene rings is 1. The van der Waals surface area contributed by atoms with Crippen LogP contribution >= 0.6 is 34.5 Å². The Labute approximate surface area is 172 Å². The molecule has 2 aromatic rings. The number of amides is 2. The van der Waals surface area contributed by atoms with Crippen molar-refractivity contribution in [1.82, 2.24) is 9.88 Å². The summed E-state index contributed by atoms with van der Waals surface area (Å²) in [6.45, 7) is 4.33. The summed E-state index contributed by atoms with van der Waals surface area (Å²) in [5.41, 5.74) is 0.912. The molecule has 1 saturated heterocycles. The van der Waals surface area contributed by atoms with Gasteiger partial charge >= 0.3 is 0 Å². The van der Waals surface area contributed by atoms with E-state index >= 15 is 0 Å². The first kappa shape index (κ1) is 20.1. The van der Waals surface area contributed by atoms with Crippen LogP contribution in [-0.2, 0) is 16.0 Å². The lowest BCUT2D eigenvalue weighted by Gasteiger charge is -2.25. The standard InChI is InChI=1S/C19H21Cl2N3O2S/c1-11(2)18(26)24-8-4-7-15(24)17(25)23-19-22-10-13(27-19)9-12-5-3-6-14(20)16(12)21/h3,5-6,10-11,15H,4,7-9H2,1-2H3,(H,22,23,25)/t15-/m0/s1. The highest BCUT2D eigenvalue weighted by Gasteiger charge is 2.35. The molecule has 1 N–H and O–H groups in total. The van der Waals surface area contributed by atoms with Crippen molar-refractivity contribution in [2.24, 2.45) is 5.92 Å². The zero-order chi connectivity index (χ0) is 19.6. The van der Waals surface area contributed by atoms with Gasteiger partial charge in [-0.05, 0) is 24.5 Å². The fourth-order valence-electron chi connectivity index (χ4n) is 3.14. The minimum absolute atomic E-state index is 0.0167. The van der Waals surface area contributed by atoms with Crippen molar-refractivity contribution in [2.45, 2.75) is 39.2 Å². The van der Waals surface area contributed by atoms with Crippen molar-refractivity contribution in [3.05, 3.63) is 44.9 Å². The van der Waals surface area contributed by atoms with Crippen LogP contribution in [0.3, 0.4) is 0 Å². The Morgan fingerprint density at radius 1 is 1.37 bits per heavy atom. The van der Waals surface area contributed by atoms with Crippen LogP contribution in [-0.4, -0.2) is 34.3 Å². The predicted octanol–water partition coefficient (Wildman–Crippen LogP) is 4.63. The average Bonchev–Trinajstić information content (AvgIpc) is 3.27. The average molecular weight is 426 g/mol. The third kappa shape index (κ3) is 4.62. The molecule has 0 radical (unpaired) electrons. The Bertz CT molecular complexity index is 853. The van der Waals surface area contributed by atoms with Gasteiger partial charge in [0.05, 0.1) is 10.0 Å². The molecule has 1 aromatic carbocycles. The molecule has 0 saturated carbocycles. The lowest BCUT2D eigenvalue weighted by molar-refractivity contribution is -0.139. The normalized spacial score (nSPS) is 16.8. The van der Waals surface area contributed by atoms with Crippen LogP contribution in [0.4, 0.5) is 5.13 Å². The molecule has 0 unspecified atom stereocenters. The van der Waals surface area contributed by atoms with Gasteiger partial charge in [-0.25, -0.2) is 4.98 Å². The molecule has 1 aromatic heterocycles. The molecule has 0 aliphatic carbocycles. The van der Waals surface area contributed by atoms with E-state index in [9.17, 15) is 9.59 Å². The number of aromatic nitrogens is 1. The van der Waals surface area contributed by atoms with Gasteiger partial charge in [0.25, 0.3) is 0 Å². The van der Waals surface area contributed by atoms with Gasteiger partial charge in [-0.3, -0.25) is 9.59 Å². The third-order valence-electron chi connectivity index (χ3n) is 4.51. The zero-order valence-corrected chi connectivity index (χ0v) is 17.5. The largest absolute Gasteiger partial charge is 0.330 e. The molecule has 1 atom stereocenters. The highest BCUT2D eigenvalue weighted by atomic mass is 35.5. The van der Waals surface area contributed by atoms with E-state index in [0.717, 1.165) is 16.9 Å². The van der Waals surface area contributed by atoms with Gasteiger partial charge in [0.15, 0.2) is 5.13 Å².